The number of carbonyl (C=O) groups excluding carboxylic acids is 1. The van der Waals surface area contributed by atoms with Gasteiger partial charge in [-0.05, 0) is 61.4 Å². The zero-order valence-electron chi connectivity index (χ0n) is 17.5. The molecule has 7 heteroatoms. The number of carboxylic acids is 1. The summed E-state index contributed by atoms with van der Waals surface area (Å²) in [5.41, 5.74) is 2.14. The molecular weight excluding hydrogens is 394 g/mol. The summed E-state index contributed by atoms with van der Waals surface area (Å²) < 4.78 is 6.14. The van der Waals surface area contributed by atoms with Crippen LogP contribution in [0.25, 0.3) is 0 Å². The largest absolute Gasteiger partial charge is 0.478 e. The molecule has 2 aliphatic heterocycles. The van der Waals surface area contributed by atoms with Gasteiger partial charge in [0.2, 0.25) is 0 Å². The first-order valence-corrected chi connectivity index (χ1v) is 10.6. The molecule has 0 aliphatic carbocycles. The first kappa shape index (κ1) is 21.1. The summed E-state index contributed by atoms with van der Waals surface area (Å²) in [6.07, 6.45) is 6.11. The van der Waals surface area contributed by atoms with Crippen LogP contribution in [0.5, 0.6) is 0 Å². The van der Waals surface area contributed by atoms with Gasteiger partial charge in [-0.25, -0.2) is 14.6 Å². The molecule has 2 aromatic carbocycles. The lowest BCUT2D eigenvalue weighted by molar-refractivity contribution is 0.0696. The molecular formula is C24H27N3O4. The lowest BCUT2D eigenvalue weighted by atomic mass is 9.77. The highest BCUT2D eigenvalue weighted by molar-refractivity contribution is 5.89. The minimum atomic E-state index is -0.912. The van der Waals surface area contributed by atoms with Crippen LogP contribution in [0, 0.1) is 11.8 Å². The Kier molecular flexibility index (Phi) is 6.32. The molecule has 162 valence electrons. The van der Waals surface area contributed by atoms with E-state index in [1.807, 2.05) is 48.7 Å². The number of hydrazone groups is 1. The van der Waals surface area contributed by atoms with Crippen molar-refractivity contribution in [2.24, 2.45) is 16.9 Å². The molecule has 2 aliphatic rings. The Morgan fingerprint density at radius 3 is 2.55 bits per heavy atom. The number of rotatable bonds is 7. The molecule has 4 rings (SSSR count). The van der Waals surface area contributed by atoms with E-state index in [0.717, 1.165) is 36.9 Å². The number of carbonyl (C=O) groups is 2. The molecule has 2 aromatic rings. The lowest BCUT2D eigenvalue weighted by Gasteiger charge is -2.25. The maximum Gasteiger partial charge on any atom is 0.341 e. The van der Waals surface area contributed by atoms with E-state index in [-0.39, 0.29) is 24.2 Å². The van der Waals surface area contributed by atoms with Crippen molar-refractivity contribution in [2.75, 3.05) is 12.4 Å². The zero-order chi connectivity index (χ0) is 21.8. The molecule has 0 unspecified atom stereocenters. The second-order valence-corrected chi connectivity index (χ2v) is 8.16. The number of hydrogen-bond acceptors (Lipinski definition) is 4. The van der Waals surface area contributed by atoms with Gasteiger partial charge in [0.1, 0.15) is 0 Å². The molecule has 0 saturated carbocycles. The van der Waals surface area contributed by atoms with Crippen LogP contribution in [0.15, 0.2) is 59.7 Å². The Morgan fingerprint density at radius 1 is 1.13 bits per heavy atom. The van der Waals surface area contributed by atoms with Crippen LogP contribution in [0.2, 0.25) is 0 Å². The molecule has 4 atom stereocenters. The predicted octanol–water partition coefficient (Wildman–Crippen LogP) is 4.26. The highest BCUT2D eigenvalue weighted by Crippen LogP contribution is 2.44. The number of nitrogens with one attached hydrogen (secondary N) is 1. The topological polar surface area (TPSA) is 91.2 Å². The second kappa shape index (κ2) is 9.31. The molecule has 2 saturated heterocycles. The maximum atomic E-state index is 12.4. The van der Waals surface area contributed by atoms with Gasteiger partial charge in [-0.3, -0.25) is 0 Å². The van der Waals surface area contributed by atoms with Crippen molar-refractivity contribution < 1.29 is 19.4 Å². The predicted molar refractivity (Wildman–Crippen MR) is 118 cm³/mol. The minimum absolute atomic E-state index is 0.152. The summed E-state index contributed by atoms with van der Waals surface area (Å²) in [6, 6.07) is 16.1. The van der Waals surface area contributed by atoms with Crippen molar-refractivity contribution in [1.29, 1.82) is 0 Å². The van der Waals surface area contributed by atoms with Gasteiger partial charge in [0.25, 0.3) is 0 Å². The van der Waals surface area contributed by atoms with E-state index in [1.165, 1.54) is 5.01 Å². The number of ether oxygens (including phenoxy) is 1. The van der Waals surface area contributed by atoms with Gasteiger partial charge in [0.15, 0.2) is 0 Å². The number of anilines is 1. The number of para-hydroxylation sites is 1. The Labute approximate surface area is 181 Å². The van der Waals surface area contributed by atoms with Crippen molar-refractivity contribution in [3.8, 4) is 0 Å². The van der Waals surface area contributed by atoms with Gasteiger partial charge in [0, 0.05) is 24.9 Å². The van der Waals surface area contributed by atoms with Crippen molar-refractivity contribution in [2.45, 2.75) is 37.9 Å². The van der Waals surface area contributed by atoms with E-state index in [4.69, 9.17) is 9.84 Å². The van der Waals surface area contributed by atoms with Crippen LogP contribution in [-0.4, -0.2) is 47.6 Å². The quantitative estimate of drug-likeness (QED) is 0.516. The fraction of sp³-hybridized carbons (Fsp3) is 0.375. The first-order valence-electron chi connectivity index (χ1n) is 10.6. The number of carboxylic acid groups (broad SMARTS) is 1. The van der Waals surface area contributed by atoms with Crippen LogP contribution in [-0.2, 0) is 11.2 Å². The molecule has 0 aromatic heterocycles. The molecule has 2 N–H and O–H groups in total. The van der Waals surface area contributed by atoms with E-state index < -0.39 is 5.97 Å². The highest BCUT2D eigenvalue weighted by atomic mass is 16.5. The van der Waals surface area contributed by atoms with Crippen LogP contribution in [0.3, 0.4) is 0 Å². The summed E-state index contributed by atoms with van der Waals surface area (Å²) in [7, 11) is 1.64. The van der Waals surface area contributed by atoms with Crippen LogP contribution >= 0.6 is 0 Å². The Morgan fingerprint density at radius 2 is 1.84 bits per heavy atom. The SMILES string of the molecule is CN(N=C[C@@H]1[C@@H](CCc2ccc(C(=O)O)cc2)[C@H]2CC[C@@H]1O2)C(=O)Nc1ccccc1. The standard InChI is InChI=1S/C24H27N3O4/c1-27(24(30)26-18-5-3-2-4-6-18)25-15-20-19(21-13-14-22(20)31-21)12-9-16-7-10-17(11-8-16)23(28)29/h2-8,10-11,15,19-22H,9,12-14H2,1H3,(H,26,30)(H,28,29)/t19-,20-,21-,22+/m1/s1. The third-order valence-electron chi connectivity index (χ3n) is 6.18. The number of amides is 2. The fourth-order valence-corrected chi connectivity index (χ4v) is 4.50. The molecule has 0 radical (unpaired) electrons. The Balaban J connectivity index is 1.36. The number of nitrogens with zero attached hydrogens (tertiary/aromatic N) is 2. The smallest absolute Gasteiger partial charge is 0.341 e. The fourth-order valence-electron chi connectivity index (χ4n) is 4.50. The highest BCUT2D eigenvalue weighted by Gasteiger charge is 2.47. The van der Waals surface area contributed by atoms with Gasteiger partial charge in [-0.15, -0.1) is 0 Å². The molecule has 2 heterocycles. The molecule has 2 bridgehead atoms. The van der Waals surface area contributed by atoms with Crippen LogP contribution in [0.1, 0.15) is 35.2 Å². The van der Waals surface area contributed by atoms with Crippen molar-refractivity contribution in [3.05, 3.63) is 65.7 Å². The summed E-state index contributed by atoms with van der Waals surface area (Å²) in [5.74, 6) is -0.402. The number of benzene rings is 2. The van der Waals surface area contributed by atoms with Crippen LogP contribution in [0.4, 0.5) is 10.5 Å². The monoisotopic (exact) mass is 421 g/mol. The molecule has 31 heavy (non-hydrogen) atoms. The van der Waals surface area contributed by atoms with E-state index >= 15 is 0 Å². The van der Waals surface area contributed by atoms with Gasteiger partial charge in [-0.1, -0.05) is 30.3 Å². The van der Waals surface area contributed by atoms with Gasteiger partial charge in [-0.2, -0.15) is 5.10 Å². The Hall–Kier alpha value is -3.19. The van der Waals surface area contributed by atoms with E-state index in [9.17, 15) is 9.59 Å². The summed E-state index contributed by atoms with van der Waals surface area (Å²) in [4.78, 5) is 23.4. The molecule has 0 spiro atoms. The number of fused-ring (bicyclic) bond motifs is 2. The third-order valence-corrected chi connectivity index (χ3v) is 6.18. The van der Waals surface area contributed by atoms with Crippen molar-refractivity contribution >= 4 is 23.9 Å². The lowest BCUT2D eigenvalue weighted by Crippen LogP contribution is -2.31. The van der Waals surface area contributed by atoms with E-state index in [0.29, 0.717) is 11.5 Å². The number of hydrogen-bond donors (Lipinski definition) is 2. The van der Waals surface area contributed by atoms with Gasteiger partial charge in [0.05, 0.1) is 17.8 Å². The summed E-state index contributed by atoms with van der Waals surface area (Å²) >= 11 is 0. The van der Waals surface area contributed by atoms with Gasteiger partial charge >= 0.3 is 12.0 Å². The van der Waals surface area contributed by atoms with E-state index in [2.05, 4.69) is 10.4 Å². The van der Waals surface area contributed by atoms with Crippen LogP contribution < -0.4 is 5.32 Å². The summed E-state index contributed by atoms with van der Waals surface area (Å²) in [6.45, 7) is 0. The van der Waals surface area contributed by atoms with E-state index in [1.54, 1.807) is 19.2 Å². The second-order valence-electron chi connectivity index (χ2n) is 8.16. The first-order chi connectivity index (χ1) is 15.0. The van der Waals surface area contributed by atoms with Crippen molar-refractivity contribution in [3.63, 3.8) is 0 Å². The number of urea groups is 1. The van der Waals surface area contributed by atoms with Crippen molar-refractivity contribution in [1.82, 2.24) is 5.01 Å². The minimum Gasteiger partial charge on any atom is -0.478 e. The average molecular weight is 421 g/mol. The molecule has 2 fully saturated rings. The zero-order valence-corrected chi connectivity index (χ0v) is 17.5. The molecule has 2 amide bonds. The number of aryl methyl sites for hydroxylation is 1. The van der Waals surface area contributed by atoms with Gasteiger partial charge < -0.3 is 15.2 Å². The number of aromatic carboxylic acids is 1. The normalized spacial score (nSPS) is 24.4. The molecule has 7 nitrogen and oxygen atoms in total. The maximum absolute atomic E-state index is 12.4. The summed E-state index contributed by atoms with van der Waals surface area (Å²) in [5, 5.41) is 17.6. The average Bonchev–Trinajstić information content (AvgIpc) is 3.38. The Bertz CT molecular complexity index is 945. The third kappa shape index (κ3) is 4.94.